The Morgan fingerprint density at radius 1 is 1.20 bits per heavy atom. The molecule has 142 valence electrons. The normalized spacial score (nSPS) is 17.2. The fraction of sp³-hybridized carbons (Fsp3) is 0.684. The van der Waals surface area contributed by atoms with E-state index in [1.807, 2.05) is 6.92 Å². The van der Waals surface area contributed by atoms with Crippen LogP contribution in [0.2, 0.25) is 0 Å². The first-order chi connectivity index (χ1) is 12.0. The fourth-order valence-electron chi connectivity index (χ4n) is 3.41. The number of benzene rings is 1. The molecule has 1 saturated heterocycles. The van der Waals surface area contributed by atoms with E-state index in [4.69, 9.17) is 0 Å². The Morgan fingerprint density at radius 3 is 2.48 bits per heavy atom. The topological polar surface area (TPSA) is 52.6 Å². The molecule has 0 amide bonds. The van der Waals surface area contributed by atoms with Gasteiger partial charge in [-0.3, -0.25) is 0 Å². The maximum Gasteiger partial charge on any atom is 0.211 e. The molecule has 0 unspecified atom stereocenters. The number of hydrogen-bond acceptors (Lipinski definition) is 4. The van der Waals surface area contributed by atoms with Crippen molar-refractivity contribution in [1.29, 1.82) is 0 Å². The predicted molar refractivity (Wildman–Crippen MR) is 104 cm³/mol. The summed E-state index contributed by atoms with van der Waals surface area (Å²) in [5.74, 6) is 0. The van der Waals surface area contributed by atoms with Crippen LogP contribution in [-0.2, 0) is 16.4 Å². The molecule has 1 N–H and O–H groups in total. The number of sulfonamides is 1. The number of hydrogen-bond donors (Lipinski definition) is 1. The highest BCUT2D eigenvalue weighted by Gasteiger charge is 2.19. The first-order valence-corrected chi connectivity index (χ1v) is 11.3. The molecule has 1 aromatic carbocycles. The first-order valence-electron chi connectivity index (χ1n) is 9.44. The zero-order valence-corrected chi connectivity index (χ0v) is 16.5. The predicted octanol–water partition coefficient (Wildman–Crippen LogP) is 1.95. The molecule has 25 heavy (non-hydrogen) atoms. The molecule has 0 radical (unpaired) electrons. The number of piperidine rings is 1. The van der Waals surface area contributed by atoms with E-state index in [9.17, 15) is 8.42 Å². The average molecular weight is 368 g/mol. The van der Waals surface area contributed by atoms with Crippen LogP contribution in [0.4, 0.5) is 0 Å². The lowest BCUT2D eigenvalue weighted by atomic mass is 10.0. The van der Waals surface area contributed by atoms with Crippen LogP contribution in [0.3, 0.4) is 0 Å². The summed E-state index contributed by atoms with van der Waals surface area (Å²) in [6.07, 6.45) is 5.64. The summed E-state index contributed by atoms with van der Waals surface area (Å²) in [6.45, 7) is 7.37. The van der Waals surface area contributed by atoms with Gasteiger partial charge in [0, 0.05) is 25.7 Å². The quantitative estimate of drug-likeness (QED) is 0.642. The number of nitrogens with zero attached hydrogens (tertiary/aromatic N) is 2. The second kappa shape index (κ2) is 10.3. The highest BCUT2D eigenvalue weighted by molar-refractivity contribution is 7.88. The van der Waals surface area contributed by atoms with E-state index in [-0.39, 0.29) is 0 Å². The largest absolute Gasteiger partial charge is 0.314 e. The standard InChI is InChI=1S/C19H33N3O2S/c1-3-22(25(2,23)24)14-7-13-20-19-11-16-21(17-12-19)15-10-18-8-5-4-6-9-18/h4-6,8-9,19-20H,3,7,10-17H2,1-2H3. The second-order valence-electron chi connectivity index (χ2n) is 6.91. The van der Waals surface area contributed by atoms with Crippen molar-refractivity contribution in [3.63, 3.8) is 0 Å². The average Bonchev–Trinajstić information content (AvgIpc) is 2.61. The molecule has 0 spiro atoms. The van der Waals surface area contributed by atoms with Crippen molar-refractivity contribution in [2.45, 2.75) is 38.6 Å². The van der Waals surface area contributed by atoms with Gasteiger partial charge in [-0.2, -0.15) is 0 Å². The van der Waals surface area contributed by atoms with Gasteiger partial charge in [-0.15, -0.1) is 0 Å². The molecule has 0 atom stereocenters. The van der Waals surface area contributed by atoms with E-state index in [1.54, 1.807) is 4.31 Å². The smallest absolute Gasteiger partial charge is 0.211 e. The van der Waals surface area contributed by atoms with E-state index in [0.29, 0.717) is 19.1 Å². The number of rotatable bonds is 10. The van der Waals surface area contributed by atoms with Crippen LogP contribution in [0.15, 0.2) is 30.3 Å². The lowest BCUT2D eigenvalue weighted by Crippen LogP contribution is -2.43. The van der Waals surface area contributed by atoms with Gasteiger partial charge in [-0.05, 0) is 50.9 Å². The summed E-state index contributed by atoms with van der Waals surface area (Å²) in [7, 11) is -3.06. The molecule has 0 bridgehead atoms. The zero-order valence-electron chi connectivity index (χ0n) is 15.7. The minimum Gasteiger partial charge on any atom is -0.314 e. The summed E-state index contributed by atoms with van der Waals surface area (Å²) >= 11 is 0. The van der Waals surface area contributed by atoms with Crippen LogP contribution >= 0.6 is 0 Å². The van der Waals surface area contributed by atoms with Gasteiger partial charge < -0.3 is 10.2 Å². The molecule has 0 aliphatic carbocycles. The molecule has 1 heterocycles. The van der Waals surface area contributed by atoms with E-state index in [1.165, 1.54) is 24.7 Å². The molecule has 2 rings (SSSR count). The lowest BCUT2D eigenvalue weighted by Gasteiger charge is -2.32. The van der Waals surface area contributed by atoms with E-state index >= 15 is 0 Å². The molecule has 1 aromatic rings. The molecule has 1 aliphatic rings. The Balaban J connectivity index is 1.58. The molecule has 1 aliphatic heterocycles. The van der Waals surface area contributed by atoms with Gasteiger partial charge in [-0.1, -0.05) is 37.3 Å². The SMILES string of the molecule is CCN(CCCNC1CCN(CCc2ccccc2)CC1)S(C)(=O)=O. The molecule has 0 saturated carbocycles. The van der Waals surface area contributed by atoms with E-state index < -0.39 is 10.0 Å². The highest BCUT2D eigenvalue weighted by Crippen LogP contribution is 2.11. The van der Waals surface area contributed by atoms with Gasteiger partial charge >= 0.3 is 0 Å². The fourth-order valence-corrected chi connectivity index (χ4v) is 4.34. The Hall–Kier alpha value is -0.950. The summed E-state index contributed by atoms with van der Waals surface area (Å²) in [5, 5.41) is 3.60. The first kappa shape index (κ1) is 20.4. The zero-order chi connectivity index (χ0) is 18.1. The van der Waals surface area contributed by atoms with Crippen LogP contribution in [0.5, 0.6) is 0 Å². The van der Waals surface area contributed by atoms with Crippen molar-refractivity contribution in [1.82, 2.24) is 14.5 Å². The summed E-state index contributed by atoms with van der Waals surface area (Å²) < 4.78 is 24.7. The Morgan fingerprint density at radius 2 is 1.88 bits per heavy atom. The Labute approximate surface area is 153 Å². The lowest BCUT2D eigenvalue weighted by molar-refractivity contribution is 0.199. The van der Waals surface area contributed by atoms with Crippen molar-refractivity contribution in [3.05, 3.63) is 35.9 Å². The van der Waals surface area contributed by atoms with E-state index in [0.717, 1.165) is 39.0 Å². The maximum absolute atomic E-state index is 11.6. The molecule has 5 nitrogen and oxygen atoms in total. The van der Waals surface area contributed by atoms with Crippen LogP contribution in [-0.4, -0.2) is 69.2 Å². The van der Waals surface area contributed by atoms with Gasteiger partial charge in [0.2, 0.25) is 10.0 Å². The van der Waals surface area contributed by atoms with Crippen molar-refractivity contribution in [2.24, 2.45) is 0 Å². The Kier molecular flexibility index (Phi) is 8.36. The molecule has 0 aromatic heterocycles. The van der Waals surface area contributed by atoms with Crippen LogP contribution in [0.25, 0.3) is 0 Å². The maximum atomic E-state index is 11.6. The number of likely N-dealkylation sites (tertiary alicyclic amines) is 1. The third kappa shape index (κ3) is 7.44. The summed E-state index contributed by atoms with van der Waals surface area (Å²) in [6, 6.07) is 11.2. The van der Waals surface area contributed by atoms with Gasteiger partial charge in [-0.25, -0.2) is 12.7 Å². The van der Waals surface area contributed by atoms with Gasteiger partial charge in [0.15, 0.2) is 0 Å². The van der Waals surface area contributed by atoms with Crippen LogP contribution in [0.1, 0.15) is 31.7 Å². The molecule has 1 fully saturated rings. The minimum absolute atomic E-state index is 0.554. The molecular weight excluding hydrogens is 334 g/mol. The van der Waals surface area contributed by atoms with Crippen molar-refractivity contribution >= 4 is 10.0 Å². The minimum atomic E-state index is -3.06. The highest BCUT2D eigenvalue weighted by atomic mass is 32.2. The van der Waals surface area contributed by atoms with Crippen LogP contribution in [0, 0.1) is 0 Å². The summed E-state index contributed by atoms with van der Waals surface area (Å²) in [4.78, 5) is 2.55. The monoisotopic (exact) mass is 367 g/mol. The molecule has 6 heteroatoms. The van der Waals surface area contributed by atoms with E-state index in [2.05, 4.69) is 40.5 Å². The van der Waals surface area contributed by atoms with Crippen molar-refractivity contribution in [2.75, 3.05) is 45.5 Å². The number of nitrogens with one attached hydrogen (secondary N) is 1. The van der Waals surface area contributed by atoms with Crippen molar-refractivity contribution in [3.8, 4) is 0 Å². The van der Waals surface area contributed by atoms with Gasteiger partial charge in [0.25, 0.3) is 0 Å². The Bertz CT molecular complexity index is 584. The third-order valence-corrected chi connectivity index (χ3v) is 6.36. The summed E-state index contributed by atoms with van der Waals surface area (Å²) in [5.41, 5.74) is 1.41. The van der Waals surface area contributed by atoms with Gasteiger partial charge in [0.1, 0.15) is 0 Å². The molecular formula is C19H33N3O2S. The second-order valence-corrected chi connectivity index (χ2v) is 8.90. The third-order valence-electron chi connectivity index (χ3n) is 4.99. The van der Waals surface area contributed by atoms with Gasteiger partial charge in [0.05, 0.1) is 6.26 Å². The van der Waals surface area contributed by atoms with Crippen LogP contribution < -0.4 is 5.32 Å². The van der Waals surface area contributed by atoms with Crippen molar-refractivity contribution < 1.29 is 8.42 Å².